The Balaban J connectivity index is 1.99. The van der Waals surface area contributed by atoms with Gasteiger partial charge in [0.05, 0.1) is 25.0 Å². The maximum Gasteiger partial charge on any atom is 0.235 e. The van der Waals surface area contributed by atoms with Crippen molar-refractivity contribution < 1.29 is 18.6 Å². The lowest BCUT2D eigenvalue weighted by Gasteiger charge is -2.37. The van der Waals surface area contributed by atoms with Crippen molar-refractivity contribution in [3.8, 4) is 0 Å². The minimum atomic E-state index is -2.99. The summed E-state index contributed by atoms with van der Waals surface area (Å²) in [6.07, 6.45) is 7.95. The standard InChI is InChI=1S/C17H21O4P/c1-19-11-13(20-2)12-22(18)17-10-6-4-8-15(17)14-7-3-5-9-16(14)21-22/h3-10,13-14,16H,11-12H2,1-2H3. The second kappa shape index (κ2) is 6.51. The average Bonchev–Trinajstić information content (AvgIpc) is 2.55. The lowest BCUT2D eigenvalue weighted by atomic mass is 9.90. The van der Waals surface area contributed by atoms with E-state index in [1.807, 2.05) is 42.5 Å². The van der Waals surface area contributed by atoms with Crippen LogP contribution in [0.5, 0.6) is 0 Å². The highest BCUT2D eigenvalue weighted by Gasteiger charge is 2.42. The van der Waals surface area contributed by atoms with Crippen molar-refractivity contribution in [3.63, 3.8) is 0 Å². The van der Waals surface area contributed by atoms with Crippen LogP contribution in [0.25, 0.3) is 0 Å². The molecule has 0 amide bonds. The van der Waals surface area contributed by atoms with Gasteiger partial charge in [0.25, 0.3) is 0 Å². The predicted molar refractivity (Wildman–Crippen MR) is 87.1 cm³/mol. The zero-order valence-corrected chi connectivity index (χ0v) is 13.7. The molecule has 0 saturated heterocycles. The van der Waals surface area contributed by atoms with Crippen molar-refractivity contribution in [2.24, 2.45) is 0 Å². The van der Waals surface area contributed by atoms with Gasteiger partial charge in [0, 0.05) is 25.4 Å². The largest absolute Gasteiger partial charge is 0.382 e. The van der Waals surface area contributed by atoms with Gasteiger partial charge in [-0.1, -0.05) is 42.5 Å². The summed E-state index contributed by atoms with van der Waals surface area (Å²) in [5, 5.41) is 0.814. The van der Waals surface area contributed by atoms with Crippen molar-refractivity contribution in [1.29, 1.82) is 0 Å². The Morgan fingerprint density at radius 2 is 2.00 bits per heavy atom. The zero-order valence-electron chi connectivity index (χ0n) is 12.8. The third-order valence-electron chi connectivity index (χ3n) is 4.17. The summed E-state index contributed by atoms with van der Waals surface area (Å²) < 4.78 is 30.2. The number of rotatable bonds is 5. The highest BCUT2D eigenvalue weighted by molar-refractivity contribution is 7.67. The first kappa shape index (κ1) is 15.7. The first-order valence-electron chi connectivity index (χ1n) is 7.41. The number of methoxy groups -OCH3 is 2. The van der Waals surface area contributed by atoms with Crippen LogP contribution in [0.15, 0.2) is 48.6 Å². The van der Waals surface area contributed by atoms with Gasteiger partial charge in [0.15, 0.2) is 0 Å². The van der Waals surface area contributed by atoms with Gasteiger partial charge in [-0.15, -0.1) is 0 Å². The van der Waals surface area contributed by atoms with Gasteiger partial charge in [-0.2, -0.15) is 0 Å². The highest BCUT2D eigenvalue weighted by atomic mass is 31.2. The fourth-order valence-electron chi connectivity index (χ4n) is 3.09. The molecule has 0 saturated carbocycles. The molecule has 0 N–H and O–H groups in total. The molecule has 0 fully saturated rings. The van der Waals surface area contributed by atoms with Crippen LogP contribution >= 0.6 is 7.37 Å². The minimum Gasteiger partial charge on any atom is -0.382 e. The molecule has 5 heteroatoms. The van der Waals surface area contributed by atoms with Crippen LogP contribution in [-0.4, -0.2) is 39.2 Å². The number of fused-ring (bicyclic) bond motifs is 3. The topological polar surface area (TPSA) is 44.8 Å². The molecule has 22 heavy (non-hydrogen) atoms. The lowest BCUT2D eigenvalue weighted by molar-refractivity contribution is 0.0398. The predicted octanol–water partition coefficient (Wildman–Crippen LogP) is 2.86. The maximum absolute atomic E-state index is 13.5. The molecular formula is C17H21O4P. The van der Waals surface area contributed by atoms with Gasteiger partial charge in [-0.25, -0.2) is 0 Å². The Bertz CT molecular complexity index is 637. The second-order valence-electron chi connectivity index (χ2n) is 5.59. The smallest absolute Gasteiger partial charge is 0.235 e. The Morgan fingerprint density at radius 1 is 1.23 bits per heavy atom. The van der Waals surface area contributed by atoms with E-state index in [1.54, 1.807) is 14.2 Å². The molecule has 1 aliphatic carbocycles. The Labute approximate surface area is 131 Å². The third kappa shape index (κ3) is 2.84. The van der Waals surface area contributed by atoms with E-state index < -0.39 is 7.37 Å². The van der Waals surface area contributed by atoms with Gasteiger partial charge in [-0.3, -0.25) is 4.57 Å². The van der Waals surface area contributed by atoms with E-state index in [9.17, 15) is 4.57 Å². The first-order valence-corrected chi connectivity index (χ1v) is 9.22. The van der Waals surface area contributed by atoms with Crippen molar-refractivity contribution in [2.45, 2.75) is 18.1 Å². The molecule has 3 rings (SSSR count). The SMILES string of the molecule is COCC(CP1(=O)OC2C=CC=CC2c2ccccc21)OC. The van der Waals surface area contributed by atoms with Gasteiger partial charge in [0.2, 0.25) is 7.37 Å². The fraction of sp³-hybridized carbons (Fsp3) is 0.412. The van der Waals surface area contributed by atoms with Gasteiger partial charge in [0.1, 0.15) is 0 Å². The number of ether oxygens (including phenoxy) is 2. The average molecular weight is 320 g/mol. The molecule has 1 aliphatic heterocycles. The van der Waals surface area contributed by atoms with E-state index in [2.05, 4.69) is 6.08 Å². The molecule has 0 aromatic heterocycles. The minimum absolute atomic E-state index is 0.131. The number of benzene rings is 1. The summed E-state index contributed by atoms with van der Waals surface area (Å²) in [4.78, 5) is 0. The normalized spacial score (nSPS) is 30.6. The van der Waals surface area contributed by atoms with E-state index in [-0.39, 0.29) is 18.1 Å². The lowest BCUT2D eigenvalue weighted by Crippen LogP contribution is -2.35. The summed E-state index contributed by atoms with van der Waals surface area (Å²) in [6, 6.07) is 7.86. The van der Waals surface area contributed by atoms with Crippen LogP contribution in [-0.2, 0) is 18.6 Å². The van der Waals surface area contributed by atoms with Crippen LogP contribution in [0, 0.1) is 0 Å². The van der Waals surface area contributed by atoms with E-state index in [0.717, 1.165) is 10.9 Å². The van der Waals surface area contributed by atoms with Crippen LogP contribution in [0.2, 0.25) is 0 Å². The van der Waals surface area contributed by atoms with Gasteiger partial charge >= 0.3 is 0 Å². The molecule has 0 radical (unpaired) electrons. The summed E-state index contributed by atoms with van der Waals surface area (Å²) in [5.74, 6) is 0.131. The summed E-state index contributed by atoms with van der Waals surface area (Å²) in [7, 11) is 0.237. The number of allylic oxidation sites excluding steroid dienone is 2. The second-order valence-corrected chi connectivity index (χ2v) is 8.00. The third-order valence-corrected chi connectivity index (χ3v) is 6.78. The molecule has 118 valence electrons. The number of hydrogen-bond acceptors (Lipinski definition) is 4. The molecule has 2 aliphatic rings. The van der Waals surface area contributed by atoms with Crippen LogP contribution in [0.3, 0.4) is 0 Å². The maximum atomic E-state index is 13.5. The van der Waals surface area contributed by atoms with Crippen molar-refractivity contribution in [1.82, 2.24) is 0 Å². The molecule has 0 bridgehead atoms. The molecule has 1 heterocycles. The first-order chi connectivity index (χ1) is 10.7. The highest BCUT2D eigenvalue weighted by Crippen LogP contribution is 2.55. The van der Waals surface area contributed by atoms with E-state index >= 15 is 0 Å². The van der Waals surface area contributed by atoms with E-state index in [0.29, 0.717) is 12.8 Å². The van der Waals surface area contributed by atoms with Gasteiger partial charge in [-0.05, 0) is 11.6 Å². The van der Waals surface area contributed by atoms with E-state index in [4.69, 9.17) is 14.0 Å². The summed E-state index contributed by atoms with van der Waals surface area (Å²) >= 11 is 0. The molecule has 0 spiro atoms. The molecular weight excluding hydrogens is 299 g/mol. The van der Waals surface area contributed by atoms with Gasteiger partial charge < -0.3 is 14.0 Å². The molecule has 4 atom stereocenters. The number of hydrogen-bond donors (Lipinski definition) is 0. The molecule has 1 aromatic rings. The quantitative estimate of drug-likeness (QED) is 0.783. The Morgan fingerprint density at radius 3 is 2.77 bits per heavy atom. The molecule has 1 aromatic carbocycles. The Hall–Kier alpha value is -1.19. The summed E-state index contributed by atoms with van der Waals surface area (Å²) in [6.45, 7) is 0.399. The van der Waals surface area contributed by atoms with E-state index in [1.165, 1.54) is 0 Å². The monoisotopic (exact) mass is 320 g/mol. The van der Waals surface area contributed by atoms with Crippen molar-refractivity contribution >= 4 is 12.7 Å². The fourth-order valence-corrected chi connectivity index (χ4v) is 5.80. The van der Waals surface area contributed by atoms with Crippen molar-refractivity contribution in [3.05, 3.63) is 54.1 Å². The van der Waals surface area contributed by atoms with Crippen LogP contribution < -0.4 is 5.30 Å². The zero-order chi connectivity index (χ0) is 15.6. The molecule has 4 nitrogen and oxygen atoms in total. The molecule has 4 unspecified atom stereocenters. The van der Waals surface area contributed by atoms with Crippen LogP contribution in [0.4, 0.5) is 0 Å². The Kier molecular flexibility index (Phi) is 4.65. The van der Waals surface area contributed by atoms with Crippen LogP contribution in [0.1, 0.15) is 11.5 Å². The summed E-state index contributed by atoms with van der Waals surface area (Å²) in [5.41, 5.74) is 1.09. The van der Waals surface area contributed by atoms with Crippen molar-refractivity contribution in [2.75, 3.05) is 27.0 Å².